The SMILES string of the molecule is [O-][N+]1=C2CC=CC=C2n2nncc2C=C1. The molecule has 0 radical (unpaired) electrons. The van der Waals surface area contributed by atoms with Crippen molar-refractivity contribution in [3.63, 3.8) is 0 Å². The van der Waals surface area contributed by atoms with Crippen molar-refractivity contribution in [1.82, 2.24) is 15.0 Å². The Labute approximate surface area is 85.9 Å². The van der Waals surface area contributed by atoms with Crippen molar-refractivity contribution in [2.24, 2.45) is 0 Å². The summed E-state index contributed by atoms with van der Waals surface area (Å²) in [7, 11) is 0. The third kappa shape index (κ3) is 1.13. The molecule has 1 aliphatic carbocycles. The van der Waals surface area contributed by atoms with Crippen LogP contribution in [0.4, 0.5) is 0 Å². The lowest BCUT2D eigenvalue weighted by molar-refractivity contribution is -0.376. The molecule has 74 valence electrons. The first-order valence-electron chi connectivity index (χ1n) is 4.65. The quantitative estimate of drug-likeness (QED) is 0.464. The molecule has 0 fully saturated rings. The molecule has 1 aromatic rings. The Morgan fingerprint density at radius 1 is 1.47 bits per heavy atom. The van der Waals surface area contributed by atoms with Gasteiger partial charge in [-0.05, 0) is 6.08 Å². The van der Waals surface area contributed by atoms with Crippen LogP contribution in [-0.2, 0) is 0 Å². The summed E-state index contributed by atoms with van der Waals surface area (Å²) in [5.41, 5.74) is 2.30. The van der Waals surface area contributed by atoms with Gasteiger partial charge in [0, 0.05) is 6.08 Å². The van der Waals surface area contributed by atoms with E-state index in [-0.39, 0.29) is 0 Å². The third-order valence-electron chi connectivity index (χ3n) is 2.45. The number of hydroxylamine groups is 1. The summed E-state index contributed by atoms with van der Waals surface area (Å²) in [6, 6.07) is 0. The van der Waals surface area contributed by atoms with Crippen LogP contribution < -0.4 is 0 Å². The highest BCUT2D eigenvalue weighted by Crippen LogP contribution is 2.19. The highest BCUT2D eigenvalue weighted by atomic mass is 16.5. The Balaban J connectivity index is 2.29. The molecule has 0 aromatic carbocycles. The van der Waals surface area contributed by atoms with Gasteiger partial charge in [0.05, 0.1) is 18.3 Å². The molecule has 0 spiro atoms. The first-order chi connectivity index (χ1) is 7.36. The number of allylic oxidation sites excluding steroid dienone is 4. The van der Waals surface area contributed by atoms with Crippen molar-refractivity contribution < 1.29 is 4.74 Å². The smallest absolute Gasteiger partial charge is 0.222 e. The van der Waals surface area contributed by atoms with E-state index in [0.29, 0.717) is 12.1 Å². The van der Waals surface area contributed by atoms with Crippen LogP contribution in [0, 0.1) is 5.21 Å². The number of hydrogen-bond donors (Lipinski definition) is 0. The Hall–Kier alpha value is -2.17. The average Bonchev–Trinajstić information content (AvgIpc) is 2.69. The van der Waals surface area contributed by atoms with Gasteiger partial charge in [-0.1, -0.05) is 17.4 Å². The molecule has 1 aliphatic heterocycles. The molecule has 3 rings (SSSR count). The molecule has 15 heavy (non-hydrogen) atoms. The van der Waals surface area contributed by atoms with Crippen LogP contribution in [0.5, 0.6) is 0 Å². The number of fused-ring (bicyclic) bond motifs is 3. The summed E-state index contributed by atoms with van der Waals surface area (Å²) in [6.07, 6.45) is 11.2. The highest BCUT2D eigenvalue weighted by Gasteiger charge is 2.22. The lowest BCUT2D eigenvalue weighted by atomic mass is 10.1. The number of rotatable bonds is 0. The molecule has 5 nitrogen and oxygen atoms in total. The van der Waals surface area contributed by atoms with Gasteiger partial charge in [0.25, 0.3) is 0 Å². The highest BCUT2D eigenvalue weighted by molar-refractivity contribution is 6.17. The van der Waals surface area contributed by atoms with E-state index in [4.69, 9.17) is 0 Å². The minimum Gasteiger partial charge on any atom is -0.618 e. The van der Waals surface area contributed by atoms with Gasteiger partial charge < -0.3 is 5.21 Å². The van der Waals surface area contributed by atoms with Gasteiger partial charge >= 0.3 is 0 Å². The van der Waals surface area contributed by atoms with Crippen molar-refractivity contribution in [3.8, 4) is 0 Å². The molecule has 1 aromatic heterocycles. The van der Waals surface area contributed by atoms with E-state index in [2.05, 4.69) is 10.3 Å². The molecule has 0 saturated heterocycles. The first-order valence-corrected chi connectivity index (χ1v) is 4.65. The van der Waals surface area contributed by atoms with Gasteiger partial charge in [-0.3, -0.25) is 0 Å². The molecule has 0 saturated carbocycles. The minimum absolute atomic E-state index is 0.624. The number of aromatic nitrogens is 3. The van der Waals surface area contributed by atoms with Crippen LogP contribution in [0.25, 0.3) is 11.8 Å². The van der Waals surface area contributed by atoms with Gasteiger partial charge in [0.2, 0.25) is 5.71 Å². The summed E-state index contributed by atoms with van der Waals surface area (Å²) in [4.78, 5) is 0. The average molecular weight is 200 g/mol. The van der Waals surface area contributed by atoms with E-state index in [0.717, 1.165) is 16.1 Å². The van der Waals surface area contributed by atoms with Crippen LogP contribution in [-0.4, -0.2) is 25.4 Å². The van der Waals surface area contributed by atoms with Gasteiger partial charge in [-0.25, -0.2) is 4.68 Å². The lowest BCUT2D eigenvalue weighted by Gasteiger charge is -2.10. The Morgan fingerprint density at radius 2 is 2.40 bits per heavy atom. The maximum absolute atomic E-state index is 11.7. The lowest BCUT2D eigenvalue weighted by Crippen LogP contribution is -2.18. The number of nitrogens with zero attached hydrogens (tertiary/aromatic N) is 4. The van der Waals surface area contributed by atoms with Crippen molar-refractivity contribution in [1.29, 1.82) is 0 Å². The zero-order valence-electron chi connectivity index (χ0n) is 7.87. The molecule has 0 bridgehead atoms. The van der Waals surface area contributed by atoms with Crippen molar-refractivity contribution in [3.05, 3.63) is 41.5 Å². The fourth-order valence-corrected chi connectivity index (χ4v) is 1.71. The normalized spacial score (nSPS) is 18.3. The van der Waals surface area contributed by atoms with Crippen molar-refractivity contribution in [2.45, 2.75) is 6.42 Å². The van der Waals surface area contributed by atoms with E-state index in [1.807, 2.05) is 18.2 Å². The van der Waals surface area contributed by atoms with Crippen LogP contribution in [0.15, 0.2) is 30.6 Å². The minimum atomic E-state index is 0.624. The summed E-state index contributed by atoms with van der Waals surface area (Å²) in [5.74, 6) is 0. The second kappa shape index (κ2) is 2.91. The zero-order valence-corrected chi connectivity index (χ0v) is 7.87. The largest absolute Gasteiger partial charge is 0.618 e. The second-order valence-corrected chi connectivity index (χ2v) is 3.34. The molecule has 5 heteroatoms. The van der Waals surface area contributed by atoms with Crippen LogP contribution in [0.3, 0.4) is 0 Å². The Morgan fingerprint density at radius 3 is 3.33 bits per heavy atom. The molecule has 2 aliphatic rings. The molecular formula is C10H8N4O. The number of hydrogen-bond acceptors (Lipinski definition) is 3. The van der Waals surface area contributed by atoms with Gasteiger partial charge in [0.1, 0.15) is 5.70 Å². The topological polar surface area (TPSA) is 56.8 Å². The van der Waals surface area contributed by atoms with Crippen molar-refractivity contribution >= 4 is 17.5 Å². The molecule has 0 atom stereocenters. The monoisotopic (exact) mass is 200 g/mol. The summed E-state index contributed by atoms with van der Waals surface area (Å²) >= 11 is 0. The fourth-order valence-electron chi connectivity index (χ4n) is 1.71. The van der Waals surface area contributed by atoms with E-state index >= 15 is 0 Å². The van der Waals surface area contributed by atoms with Gasteiger partial charge in [0.15, 0.2) is 6.20 Å². The molecular weight excluding hydrogens is 192 g/mol. The van der Waals surface area contributed by atoms with E-state index in [1.54, 1.807) is 17.0 Å². The predicted octanol–water partition coefficient (Wildman–Crippen LogP) is 1.01. The van der Waals surface area contributed by atoms with Gasteiger partial charge in [-0.15, -0.1) is 5.10 Å². The standard InChI is InChI=1S/C10H8N4O/c15-13-6-5-8-7-11-12-14(8)10-4-2-1-3-9(10)13/h1-2,4-7H,3H2. The van der Waals surface area contributed by atoms with E-state index in [9.17, 15) is 5.21 Å². The predicted molar refractivity (Wildman–Crippen MR) is 55.7 cm³/mol. The second-order valence-electron chi connectivity index (χ2n) is 3.34. The summed E-state index contributed by atoms with van der Waals surface area (Å²) in [6.45, 7) is 0. The Kier molecular flexibility index (Phi) is 1.58. The molecule has 0 amide bonds. The van der Waals surface area contributed by atoms with Crippen LogP contribution >= 0.6 is 0 Å². The maximum Gasteiger partial charge on any atom is 0.222 e. The third-order valence-corrected chi connectivity index (χ3v) is 2.45. The zero-order chi connectivity index (χ0) is 10.3. The summed E-state index contributed by atoms with van der Waals surface area (Å²) < 4.78 is 2.55. The summed E-state index contributed by atoms with van der Waals surface area (Å²) in [5, 5.41) is 19.5. The molecule has 0 unspecified atom stereocenters. The van der Waals surface area contributed by atoms with E-state index in [1.165, 1.54) is 6.20 Å². The molecule has 0 N–H and O–H groups in total. The van der Waals surface area contributed by atoms with Gasteiger partial charge in [-0.2, -0.15) is 4.74 Å². The maximum atomic E-state index is 11.7. The Bertz CT molecular complexity index is 533. The van der Waals surface area contributed by atoms with Crippen LogP contribution in [0.1, 0.15) is 12.1 Å². The van der Waals surface area contributed by atoms with Crippen molar-refractivity contribution in [2.75, 3.05) is 0 Å². The van der Waals surface area contributed by atoms with E-state index < -0.39 is 0 Å². The molecule has 2 heterocycles. The fraction of sp³-hybridized carbons (Fsp3) is 0.100. The van der Waals surface area contributed by atoms with Crippen LogP contribution in [0.2, 0.25) is 0 Å². The first kappa shape index (κ1) is 8.16.